The molecule has 0 spiro atoms. The summed E-state index contributed by atoms with van der Waals surface area (Å²) in [6.07, 6.45) is 0. The number of nitrogens with zero attached hydrogens (tertiary/aromatic N) is 3. The van der Waals surface area contributed by atoms with Gasteiger partial charge in [0, 0.05) is 29.2 Å². The summed E-state index contributed by atoms with van der Waals surface area (Å²) in [5.41, 5.74) is 0.949. The number of aromatic nitrogens is 2. The van der Waals surface area contributed by atoms with Gasteiger partial charge >= 0.3 is 0 Å². The lowest BCUT2D eigenvalue weighted by molar-refractivity contribution is 0.122. The molecule has 20 heavy (non-hydrogen) atoms. The minimum atomic E-state index is 0.458. The number of anilines is 1. The molecule has 1 saturated heterocycles. The topological polar surface area (TPSA) is 38.2 Å². The molecule has 3 rings (SSSR count). The molecule has 2 aromatic rings. The van der Waals surface area contributed by atoms with Crippen molar-refractivity contribution in [1.82, 2.24) is 9.97 Å². The summed E-state index contributed by atoms with van der Waals surface area (Å²) in [6, 6.07) is 9.68. The molecule has 0 N–H and O–H groups in total. The lowest BCUT2D eigenvalue weighted by Crippen LogP contribution is -2.36. The van der Waals surface area contributed by atoms with Crippen LogP contribution in [0.5, 0.6) is 0 Å². The average molecular weight is 355 g/mol. The number of hydrogen-bond donors (Lipinski definition) is 0. The summed E-state index contributed by atoms with van der Waals surface area (Å²) in [4.78, 5) is 11.1. The van der Waals surface area contributed by atoms with Crippen LogP contribution in [0.3, 0.4) is 0 Å². The van der Waals surface area contributed by atoms with Crippen molar-refractivity contribution >= 4 is 33.3 Å². The van der Waals surface area contributed by atoms with Crippen molar-refractivity contribution in [2.45, 2.75) is 0 Å². The SMILES string of the molecule is Clc1cc(N2CCOCC2)nc(-c2ccc(Br)cc2)n1. The average Bonchev–Trinajstić information content (AvgIpc) is 2.48. The lowest BCUT2D eigenvalue weighted by Gasteiger charge is -2.28. The third-order valence-electron chi connectivity index (χ3n) is 3.12. The highest BCUT2D eigenvalue weighted by atomic mass is 79.9. The van der Waals surface area contributed by atoms with E-state index in [9.17, 15) is 0 Å². The maximum atomic E-state index is 6.13. The van der Waals surface area contributed by atoms with E-state index in [1.54, 1.807) is 6.07 Å². The fourth-order valence-electron chi connectivity index (χ4n) is 2.09. The van der Waals surface area contributed by atoms with Gasteiger partial charge in [0.1, 0.15) is 11.0 Å². The van der Waals surface area contributed by atoms with Crippen LogP contribution in [0.2, 0.25) is 5.15 Å². The van der Waals surface area contributed by atoms with Crippen LogP contribution in [0.4, 0.5) is 5.82 Å². The first kappa shape index (κ1) is 13.8. The minimum absolute atomic E-state index is 0.458. The number of benzene rings is 1. The largest absolute Gasteiger partial charge is 0.378 e. The molecule has 0 radical (unpaired) electrons. The van der Waals surface area contributed by atoms with Gasteiger partial charge in [-0.15, -0.1) is 0 Å². The highest BCUT2D eigenvalue weighted by Gasteiger charge is 2.15. The Bertz CT molecular complexity index is 600. The van der Waals surface area contributed by atoms with E-state index in [0.717, 1.165) is 42.2 Å². The van der Waals surface area contributed by atoms with Crippen molar-refractivity contribution in [3.8, 4) is 11.4 Å². The first-order chi connectivity index (χ1) is 9.72. The Morgan fingerprint density at radius 3 is 2.50 bits per heavy atom. The summed E-state index contributed by atoms with van der Waals surface area (Å²) in [7, 11) is 0. The van der Waals surface area contributed by atoms with E-state index in [1.807, 2.05) is 24.3 Å². The highest BCUT2D eigenvalue weighted by Crippen LogP contribution is 2.24. The zero-order chi connectivity index (χ0) is 13.9. The fourth-order valence-corrected chi connectivity index (χ4v) is 2.53. The Hall–Kier alpha value is -1.17. The third kappa shape index (κ3) is 3.11. The number of hydrogen-bond acceptors (Lipinski definition) is 4. The molecule has 1 aromatic heterocycles. The molecule has 0 saturated carbocycles. The van der Waals surface area contributed by atoms with E-state index in [1.165, 1.54) is 0 Å². The van der Waals surface area contributed by atoms with Crippen molar-refractivity contribution in [2.24, 2.45) is 0 Å². The van der Waals surface area contributed by atoms with Gasteiger partial charge in [-0.05, 0) is 12.1 Å². The van der Waals surface area contributed by atoms with Gasteiger partial charge in [0.25, 0.3) is 0 Å². The van der Waals surface area contributed by atoms with Crippen molar-refractivity contribution in [1.29, 1.82) is 0 Å². The molecule has 2 heterocycles. The van der Waals surface area contributed by atoms with Gasteiger partial charge in [-0.2, -0.15) is 0 Å². The van der Waals surface area contributed by atoms with Crippen LogP contribution >= 0.6 is 27.5 Å². The molecule has 0 atom stereocenters. The maximum Gasteiger partial charge on any atom is 0.163 e. The number of ether oxygens (including phenoxy) is 1. The van der Waals surface area contributed by atoms with E-state index in [-0.39, 0.29) is 0 Å². The van der Waals surface area contributed by atoms with Crippen LogP contribution in [0.1, 0.15) is 0 Å². The number of morpholine rings is 1. The van der Waals surface area contributed by atoms with Gasteiger partial charge in [-0.3, -0.25) is 0 Å². The molecule has 1 aliphatic rings. The number of rotatable bonds is 2. The zero-order valence-electron chi connectivity index (χ0n) is 10.7. The van der Waals surface area contributed by atoms with E-state index in [0.29, 0.717) is 11.0 Å². The van der Waals surface area contributed by atoms with E-state index in [4.69, 9.17) is 16.3 Å². The molecule has 1 fully saturated rings. The molecule has 6 heteroatoms. The monoisotopic (exact) mass is 353 g/mol. The van der Waals surface area contributed by atoms with Crippen molar-refractivity contribution in [2.75, 3.05) is 31.2 Å². The predicted molar refractivity (Wildman–Crippen MR) is 83.2 cm³/mol. The predicted octanol–water partition coefficient (Wildman–Crippen LogP) is 3.40. The summed E-state index contributed by atoms with van der Waals surface area (Å²) >= 11 is 9.55. The molecular weight excluding hydrogens is 342 g/mol. The summed E-state index contributed by atoms with van der Waals surface area (Å²) < 4.78 is 6.38. The van der Waals surface area contributed by atoms with Gasteiger partial charge < -0.3 is 9.64 Å². The van der Waals surface area contributed by atoms with Crippen molar-refractivity contribution in [3.05, 3.63) is 40.0 Å². The van der Waals surface area contributed by atoms with Gasteiger partial charge in [0.15, 0.2) is 5.82 Å². The van der Waals surface area contributed by atoms with Crippen LogP contribution in [0.15, 0.2) is 34.8 Å². The van der Waals surface area contributed by atoms with Crippen LogP contribution in [0, 0.1) is 0 Å². The van der Waals surface area contributed by atoms with Gasteiger partial charge in [0.2, 0.25) is 0 Å². The van der Waals surface area contributed by atoms with Gasteiger partial charge in [-0.25, -0.2) is 9.97 Å². The standard InChI is InChI=1S/C14H13BrClN3O/c15-11-3-1-10(2-4-11)14-17-12(16)9-13(18-14)19-5-7-20-8-6-19/h1-4,9H,5-8H2. The molecule has 104 valence electrons. The number of halogens is 2. The first-order valence-corrected chi connectivity index (χ1v) is 7.53. The Morgan fingerprint density at radius 1 is 1.10 bits per heavy atom. The second kappa shape index (κ2) is 6.08. The fraction of sp³-hybridized carbons (Fsp3) is 0.286. The molecule has 4 nitrogen and oxygen atoms in total. The highest BCUT2D eigenvalue weighted by molar-refractivity contribution is 9.10. The normalized spacial score (nSPS) is 15.4. The van der Waals surface area contributed by atoms with Crippen LogP contribution < -0.4 is 4.90 Å². The molecule has 1 aliphatic heterocycles. The zero-order valence-corrected chi connectivity index (χ0v) is 13.1. The Labute approximate surface area is 130 Å². The quantitative estimate of drug-likeness (QED) is 0.775. The molecular formula is C14H13BrClN3O. The van der Waals surface area contributed by atoms with Crippen molar-refractivity contribution in [3.63, 3.8) is 0 Å². The maximum absolute atomic E-state index is 6.13. The van der Waals surface area contributed by atoms with E-state index in [2.05, 4.69) is 30.8 Å². The first-order valence-electron chi connectivity index (χ1n) is 6.35. The second-order valence-electron chi connectivity index (χ2n) is 4.48. The van der Waals surface area contributed by atoms with Gasteiger partial charge in [-0.1, -0.05) is 39.7 Å². The lowest BCUT2D eigenvalue weighted by atomic mass is 10.2. The summed E-state index contributed by atoms with van der Waals surface area (Å²) in [6.45, 7) is 3.09. The summed E-state index contributed by atoms with van der Waals surface area (Å²) in [5.74, 6) is 1.50. The summed E-state index contributed by atoms with van der Waals surface area (Å²) in [5, 5.41) is 0.458. The second-order valence-corrected chi connectivity index (χ2v) is 5.78. The molecule has 1 aromatic carbocycles. The Kier molecular flexibility index (Phi) is 4.19. The third-order valence-corrected chi connectivity index (χ3v) is 3.84. The van der Waals surface area contributed by atoms with Crippen LogP contribution in [-0.2, 0) is 4.74 Å². The molecule has 0 unspecified atom stereocenters. The smallest absolute Gasteiger partial charge is 0.163 e. The van der Waals surface area contributed by atoms with Crippen LogP contribution in [0.25, 0.3) is 11.4 Å². The van der Waals surface area contributed by atoms with Crippen LogP contribution in [-0.4, -0.2) is 36.3 Å². The van der Waals surface area contributed by atoms with E-state index < -0.39 is 0 Å². The van der Waals surface area contributed by atoms with Crippen molar-refractivity contribution < 1.29 is 4.74 Å². The van der Waals surface area contributed by atoms with Gasteiger partial charge in [0.05, 0.1) is 13.2 Å². The minimum Gasteiger partial charge on any atom is -0.378 e. The molecule has 0 bridgehead atoms. The Balaban J connectivity index is 1.95. The van der Waals surface area contributed by atoms with E-state index >= 15 is 0 Å². The molecule has 0 aliphatic carbocycles. The Morgan fingerprint density at radius 2 is 1.80 bits per heavy atom. The molecule has 0 amide bonds.